The average Bonchev–Trinajstić information content (AvgIpc) is 2.23. The first-order chi connectivity index (χ1) is 6.68. The van der Waals surface area contributed by atoms with Gasteiger partial charge in [0.25, 0.3) is 0 Å². The molecule has 0 aromatic rings. The van der Waals surface area contributed by atoms with Crippen molar-refractivity contribution in [3.05, 3.63) is 0 Å². The lowest BCUT2D eigenvalue weighted by Crippen LogP contribution is -2.35. The van der Waals surface area contributed by atoms with E-state index in [0.29, 0.717) is 6.42 Å². The highest BCUT2D eigenvalue weighted by molar-refractivity contribution is 7.99. The van der Waals surface area contributed by atoms with Crippen LogP contribution >= 0.6 is 11.8 Å². The van der Waals surface area contributed by atoms with Crippen LogP contribution in [-0.2, 0) is 8.85 Å². The Morgan fingerprint density at radius 2 is 1.93 bits per heavy atom. The molecule has 0 saturated carbocycles. The third-order valence-corrected chi connectivity index (χ3v) is 6.20. The Bertz CT molecular complexity index is 180. The topological polar surface area (TPSA) is 42.2 Å². The van der Waals surface area contributed by atoms with Gasteiger partial charge in [-0.3, -0.25) is 0 Å². The van der Waals surface area contributed by atoms with Gasteiger partial charge in [-0.05, 0) is 24.8 Å². The number of rotatable bonds is 8. The molecule has 0 aliphatic rings. The van der Waals surface area contributed by atoms with Crippen LogP contribution in [0.2, 0.25) is 12.6 Å². The molecule has 0 bridgehead atoms. The van der Waals surface area contributed by atoms with Gasteiger partial charge in [-0.2, -0.15) is 17.0 Å². The molecule has 0 amide bonds. The lowest BCUT2D eigenvalue weighted by atomic mass is 10.6. The Balaban J connectivity index is 3.39. The van der Waals surface area contributed by atoms with Crippen molar-refractivity contribution in [2.75, 3.05) is 25.7 Å². The van der Waals surface area contributed by atoms with Crippen LogP contribution < -0.4 is 0 Å². The molecule has 0 atom stereocenters. The van der Waals surface area contributed by atoms with Crippen molar-refractivity contribution in [3.8, 4) is 6.07 Å². The second-order valence-electron chi connectivity index (χ2n) is 3.17. The molecule has 0 aromatic carbocycles. The van der Waals surface area contributed by atoms with Gasteiger partial charge >= 0.3 is 8.56 Å². The third-order valence-electron chi connectivity index (χ3n) is 2.14. The number of hydrogen-bond donors (Lipinski definition) is 0. The van der Waals surface area contributed by atoms with E-state index in [2.05, 4.69) is 12.6 Å². The Hall–Kier alpha value is -0.0231. The molecule has 0 aromatic heterocycles. The van der Waals surface area contributed by atoms with Gasteiger partial charge < -0.3 is 8.85 Å². The summed E-state index contributed by atoms with van der Waals surface area (Å²) < 4.78 is 10.7. The molecule has 0 unspecified atom stereocenters. The van der Waals surface area contributed by atoms with Crippen molar-refractivity contribution < 1.29 is 8.85 Å². The van der Waals surface area contributed by atoms with Crippen molar-refractivity contribution in [3.63, 3.8) is 0 Å². The van der Waals surface area contributed by atoms with Crippen LogP contribution in [0.3, 0.4) is 0 Å². The molecule has 0 spiro atoms. The van der Waals surface area contributed by atoms with Crippen LogP contribution in [0, 0.1) is 11.3 Å². The fourth-order valence-corrected chi connectivity index (χ4v) is 3.44. The van der Waals surface area contributed by atoms with E-state index >= 15 is 0 Å². The minimum absolute atomic E-state index is 0.647. The van der Waals surface area contributed by atoms with E-state index in [0.717, 1.165) is 24.0 Å². The Labute approximate surface area is 92.0 Å². The van der Waals surface area contributed by atoms with E-state index in [1.807, 2.05) is 11.8 Å². The summed E-state index contributed by atoms with van der Waals surface area (Å²) in [5, 5.41) is 8.33. The van der Waals surface area contributed by atoms with E-state index in [-0.39, 0.29) is 0 Å². The third kappa shape index (κ3) is 6.43. The van der Waals surface area contributed by atoms with Crippen LogP contribution in [0.15, 0.2) is 0 Å². The van der Waals surface area contributed by atoms with Gasteiger partial charge in [-0.15, -0.1) is 0 Å². The van der Waals surface area contributed by atoms with Crippen molar-refractivity contribution in [2.45, 2.75) is 25.4 Å². The standard InChI is InChI=1S/C9H19NO2SSi/c1-11-14(3,12-2)9-5-8-13-7-4-6-10/h4-5,7-9H2,1-3H3. The van der Waals surface area contributed by atoms with Crippen molar-refractivity contribution >= 4 is 20.3 Å². The summed E-state index contributed by atoms with van der Waals surface area (Å²) in [6.07, 6.45) is 1.76. The highest BCUT2D eigenvalue weighted by Gasteiger charge is 2.27. The van der Waals surface area contributed by atoms with E-state index in [1.165, 1.54) is 0 Å². The number of hydrogen-bond acceptors (Lipinski definition) is 4. The fourth-order valence-electron chi connectivity index (χ4n) is 1.00. The predicted octanol–water partition coefficient (Wildman–Crippen LogP) is 2.39. The first kappa shape index (κ1) is 14.0. The molecular weight excluding hydrogens is 214 g/mol. The van der Waals surface area contributed by atoms with Gasteiger partial charge in [0.2, 0.25) is 0 Å². The first-order valence-electron chi connectivity index (χ1n) is 4.73. The molecule has 0 aliphatic heterocycles. The molecule has 0 aliphatic carbocycles. The van der Waals surface area contributed by atoms with Gasteiger partial charge in [-0.1, -0.05) is 0 Å². The smallest absolute Gasteiger partial charge is 0.334 e. The second kappa shape index (κ2) is 8.30. The lowest BCUT2D eigenvalue weighted by Gasteiger charge is -2.22. The second-order valence-corrected chi connectivity index (χ2v) is 7.97. The van der Waals surface area contributed by atoms with E-state index in [9.17, 15) is 0 Å². The summed E-state index contributed by atoms with van der Waals surface area (Å²) >= 11 is 1.83. The van der Waals surface area contributed by atoms with Crippen LogP contribution in [0.1, 0.15) is 12.8 Å². The Morgan fingerprint density at radius 3 is 2.43 bits per heavy atom. The zero-order valence-electron chi connectivity index (χ0n) is 9.21. The van der Waals surface area contributed by atoms with E-state index in [4.69, 9.17) is 14.1 Å². The molecule has 0 radical (unpaired) electrons. The molecule has 0 rings (SSSR count). The summed E-state index contributed by atoms with van der Waals surface area (Å²) in [5.41, 5.74) is 0. The molecule has 0 N–H and O–H groups in total. The van der Waals surface area contributed by atoms with E-state index < -0.39 is 8.56 Å². The van der Waals surface area contributed by atoms with Gasteiger partial charge in [-0.25, -0.2) is 0 Å². The molecule has 3 nitrogen and oxygen atoms in total. The Kier molecular flexibility index (Phi) is 8.29. The number of thioether (sulfide) groups is 1. The fraction of sp³-hybridized carbons (Fsp3) is 0.889. The number of nitrogens with zero attached hydrogens (tertiary/aromatic N) is 1. The summed E-state index contributed by atoms with van der Waals surface area (Å²) in [7, 11) is 1.60. The first-order valence-corrected chi connectivity index (χ1v) is 8.41. The maximum Gasteiger partial charge on any atom is 0.334 e. The normalized spacial score (nSPS) is 11.3. The zero-order chi connectivity index (χ0) is 10.9. The SMILES string of the molecule is CO[Si](C)(CCCSCCC#N)OC. The van der Waals surface area contributed by atoms with E-state index in [1.54, 1.807) is 14.2 Å². The van der Waals surface area contributed by atoms with Crippen LogP contribution in [-0.4, -0.2) is 34.3 Å². The maximum atomic E-state index is 8.33. The summed E-state index contributed by atoms with van der Waals surface area (Å²) in [6, 6.07) is 3.16. The molecular formula is C9H19NO2SSi. The molecule has 0 saturated heterocycles. The zero-order valence-corrected chi connectivity index (χ0v) is 11.0. The Morgan fingerprint density at radius 1 is 1.29 bits per heavy atom. The highest BCUT2D eigenvalue weighted by Crippen LogP contribution is 2.16. The summed E-state index contributed by atoms with van der Waals surface area (Å²) in [4.78, 5) is 0. The molecule has 0 heterocycles. The van der Waals surface area contributed by atoms with Gasteiger partial charge in [0.1, 0.15) is 0 Å². The minimum atomic E-state index is -1.84. The van der Waals surface area contributed by atoms with Gasteiger partial charge in [0, 0.05) is 26.4 Å². The van der Waals surface area contributed by atoms with Crippen LogP contribution in [0.4, 0.5) is 0 Å². The largest absolute Gasteiger partial charge is 0.398 e. The van der Waals surface area contributed by atoms with Gasteiger partial charge in [0.15, 0.2) is 0 Å². The van der Waals surface area contributed by atoms with Crippen molar-refractivity contribution in [1.82, 2.24) is 0 Å². The molecule has 0 fully saturated rings. The lowest BCUT2D eigenvalue weighted by molar-refractivity contribution is 0.249. The van der Waals surface area contributed by atoms with Crippen LogP contribution in [0.5, 0.6) is 0 Å². The average molecular weight is 233 g/mol. The summed E-state index contributed by atoms with van der Waals surface area (Å²) in [5.74, 6) is 2.03. The highest BCUT2D eigenvalue weighted by atomic mass is 32.2. The quantitative estimate of drug-likeness (QED) is 0.477. The molecule has 82 valence electrons. The minimum Gasteiger partial charge on any atom is -0.398 e. The molecule has 14 heavy (non-hydrogen) atoms. The number of nitriles is 1. The monoisotopic (exact) mass is 233 g/mol. The summed E-state index contributed by atoms with van der Waals surface area (Å²) in [6.45, 7) is 2.08. The van der Waals surface area contributed by atoms with Crippen molar-refractivity contribution in [1.29, 1.82) is 5.26 Å². The maximum absolute atomic E-state index is 8.33. The van der Waals surface area contributed by atoms with Gasteiger partial charge in [0.05, 0.1) is 6.07 Å². The van der Waals surface area contributed by atoms with Crippen LogP contribution in [0.25, 0.3) is 0 Å². The van der Waals surface area contributed by atoms with Crippen molar-refractivity contribution in [2.24, 2.45) is 0 Å². The predicted molar refractivity (Wildman–Crippen MR) is 62.6 cm³/mol. The molecule has 5 heteroatoms.